The minimum absolute atomic E-state index is 0.000819. The second-order valence-corrected chi connectivity index (χ2v) is 9.53. The van der Waals surface area contributed by atoms with Crippen molar-refractivity contribution in [3.63, 3.8) is 0 Å². The van der Waals surface area contributed by atoms with Gasteiger partial charge in [-0.3, -0.25) is 19.4 Å². The summed E-state index contributed by atoms with van der Waals surface area (Å²) in [5.41, 5.74) is 1.39. The Morgan fingerprint density at radius 1 is 1.00 bits per heavy atom. The minimum atomic E-state index is -0.712. The van der Waals surface area contributed by atoms with Gasteiger partial charge in [0.25, 0.3) is 5.91 Å². The number of fused-ring (bicyclic) bond motifs is 1. The van der Waals surface area contributed by atoms with E-state index in [9.17, 15) is 14.4 Å². The lowest BCUT2D eigenvalue weighted by Crippen LogP contribution is -2.47. The Kier molecular flexibility index (Phi) is 8.27. The molecule has 2 N–H and O–H groups in total. The molecule has 3 aromatic rings. The maximum Gasteiger partial charge on any atom is 0.254 e. The third kappa shape index (κ3) is 6.38. The van der Waals surface area contributed by atoms with Gasteiger partial charge in [-0.1, -0.05) is 44.2 Å². The monoisotopic (exact) mass is 503 g/mol. The highest BCUT2D eigenvalue weighted by Crippen LogP contribution is 2.24. The number of aromatic nitrogens is 4. The molecule has 1 aliphatic rings. The molecule has 0 saturated carbocycles. The van der Waals surface area contributed by atoms with Gasteiger partial charge in [0.2, 0.25) is 11.8 Å². The zero-order valence-electron chi connectivity index (χ0n) is 21.4. The van der Waals surface area contributed by atoms with Crippen molar-refractivity contribution in [3.8, 4) is 11.4 Å². The molecule has 10 nitrogen and oxygen atoms in total. The van der Waals surface area contributed by atoms with Gasteiger partial charge in [-0.25, -0.2) is 9.67 Å². The van der Waals surface area contributed by atoms with Crippen molar-refractivity contribution in [2.24, 2.45) is 5.92 Å². The van der Waals surface area contributed by atoms with Crippen LogP contribution in [0.25, 0.3) is 11.4 Å². The van der Waals surface area contributed by atoms with Crippen LogP contribution in [0.5, 0.6) is 0 Å². The number of rotatable bonds is 3. The van der Waals surface area contributed by atoms with E-state index < -0.39 is 12.1 Å². The molecule has 0 aliphatic carbocycles. The molecule has 2 atom stereocenters. The summed E-state index contributed by atoms with van der Waals surface area (Å²) in [5, 5.41) is 10.6. The van der Waals surface area contributed by atoms with Crippen LogP contribution < -0.4 is 10.6 Å². The molecule has 1 aliphatic heterocycles. The van der Waals surface area contributed by atoms with Crippen molar-refractivity contribution in [2.45, 2.75) is 52.2 Å². The van der Waals surface area contributed by atoms with E-state index in [2.05, 4.69) is 15.6 Å². The Labute approximate surface area is 216 Å². The summed E-state index contributed by atoms with van der Waals surface area (Å²) in [6.07, 6.45) is 3.84. The molecule has 0 bridgehead atoms. The van der Waals surface area contributed by atoms with Crippen molar-refractivity contribution in [1.82, 2.24) is 35.3 Å². The van der Waals surface area contributed by atoms with E-state index in [4.69, 9.17) is 10.1 Å². The quantitative estimate of drug-likeness (QED) is 0.567. The molecule has 1 aromatic carbocycles. The summed E-state index contributed by atoms with van der Waals surface area (Å²) in [6.45, 7) is 6.79. The first-order chi connectivity index (χ1) is 17.8. The Morgan fingerprint density at radius 2 is 1.73 bits per heavy atom. The molecule has 37 heavy (non-hydrogen) atoms. The molecule has 0 radical (unpaired) electrons. The van der Waals surface area contributed by atoms with Crippen molar-refractivity contribution in [2.75, 3.05) is 13.1 Å². The van der Waals surface area contributed by atoms with E-state index in [1.807, 2.05) is 44.2 Å². The first kappa shape index (κ1) is 26.0. The van der Waals surface area contributed by atoms with Crippen molar-refractivity contribution < 1.29 is 14.4 Å². The van der Waals surface area contributed by atoms with Crippen LogP contribution in [-0.4, -0.2) is 61.5 Å². The highest BCUT2D eigenvalue weighted by atomic mass is 16.2. The molecule has 2 aromatic heterocycles. The van der Waals surface area contributed by atoms with Gasteiger partial charge in [-0.05, 0) is 31.4 Å². The second-order valence-electron chi connectivity index (χ2n) is 9.53. The SMILES string of the molecule is CC(C)[C@@H]1NC(=O)[C@@H](C)NC(=O)CCCN(C(=O)c2ccncc2)CCn2nc(-c3ccccc3)nc21. The van der Waals surface area contributed by atoms with Gasteiger partial charge in [0.15, 0.2) is 11.6 Å². The highest BCUT2D eigenvalue weighted by Gasteiger charge is 2.29. The fourth-order valence-electron chi connectivity index (χ4n) is 4.28. The zero-order valence-corrected chi connectivity index (χ0v) is 21.4. The normalized spacial score (nSPS) is 19.5. The van der Waals surface area contributed by atoms with Crippen LogP contribution in [0.1, 0.15) is 55.8 Å². The van der Waals surface area contributed by atoms with Crippen molar-refractivity contribution in [1.29, 1.82) is 0 Å². The molecule has 4 rings (SSSR count). The lowest BCUT2D eigenvalue weighted by atomic mass is 10.0. The zero-order chi connectivity index (χ0) is 26.4. The molecule has 0 spiro atoms. The van der Waals surface area contributed by atoms with Gasteiger partial charge < -0.3 is 15.5 Å². The summed E-state index contributed by atoms with van der Waals surface area (Å²) in [6, 6.07) is 11.9. The maximum absolute atomic E-state index is 13.3. The summed E-state index contributed by atoms with van der Waals surface area (Å²) < 4.78 is 1.79. The number of nitrogens with one attached hydrogen (secondary N) is 2. The van der Waals surface area contributed by atoms with E-state index in [0.29, 0.717) is 43.3 Å². The predicted octanol–water partition coefficient (Wildman–Crippen LogP) is 2.59. The number of nitrogens with zero attached hydrogens (tertiary/aromatic N) is 5. The Bertz CT molecular complexity index is 1230. The third-order valence-electron chi connectivity index (χ3n) is 6.37. The number of carbonyl (C=O) groups excluding carboxylic acids is 3. The summed E-state index contributed by atoms with van der Waals surface area (Å²) in [5.74, 6) is 0.506. The van der Waals surface area contributed by atoms with Gasteiger partial charge in [0, 0.05) is 43.0 Å². The molecule has 194 valence electrons. The second kappa shape index (κ2) is 11.8. The highest BCUT2D eigenvalue weighted by molar-refractivity contribution is 5.94. The van der Waals surface area contributed by atoms with E-state index in [1.165, 1.54) is 0 Å². The van der Waals surface area contributed by atoms with Gasteiger partial charge in [0.05, 0.1) is 12.6 Å². The average Bonchev–Trinajstić information content (AvgIpc) is 3.32. The number of amides is 3. The fraction of sp³-hybridized carbons (Fsp3) is 0.407. The van der Waals surface area contributed by atoms with E-state index in [1.54, 1.807) is 41.0 Å². The van der Waals surface area contributed by atoms with Gasteiger partial charge >= 0.3 is 0 Å². The first-order valence-electron chi connectivity index (χ1n) is 12.6. The van der Waals surface area contributed by atoms with Crippen LogP contribution in [0, 0.1) is 5.92 Å². The minimum Gasteiger partial charge on any atom is -0.345 e. The lowest BCUT2D eigenvalue weighted by Gasteiger charge is -2.27. The molecule has 0 fully saturated rings. The fourth-order valence-corrected chi connectivity index (χ4v) is 4.28. The van der Waals surface area contributed by atoms with Crippen LogP contribution in [0.3, 0.4) is 0 Å². The van der Waals surface area contributed by atoms with Crippen molar-refractivity contribution in [3.05, 3.63) is 66.2 Å². The maximum atomic E-state index is 13.3. The van der Waals surface area contributed by atoms with E-state index in [-0.39, 0.29) is 30.1 Å². The summed E-state index contributed by atoms with van der Waals surface area (Å²) >= 11 is 0. The molecule has 3 heterocycles. The van der Waals surface area contributed by atoms with Crippen LogP contribution in [0.2, 0.25) is 0 Å². The largest absolute Gasteiger partial charge is 0.345 e. The van der Waals surface area contributed by atoms with Crippen LogP contribution in [0.4, 0.5) is 0 Å². The Balaban J connectivity index is 1.72. The van der Waals surface area contributed by atoms with Gasteiger partial charge in [0.1, 0.15) is 6.04 Å². The number of pyridine rings is 1. The van der Waals surface area contributed by atoms with Gasteiger partial charge in [-0.2, -0.15) is 5.10 Å². The number of hydrogen-bond donors (Lipinski definition) is 2. The van der Waals surface area contributed by atoms with Crippen LogP contribution >= 0.6 is 0 Å². The molecule has 3 amide bonds. The standard InChI is InChI=1S/C27H33N7O3/c1-18(2)23-25-31-24(20-8-5-4-6-9-20)32-34(25)17-16-33(27(37)21-11-13-28-14-12-21)15-7-10-22(35)29-19(3)26(36)30-23/h4-6,8-9,11-14,18-19,23H,7,10,15-17H2,1-3H3,(H,29,35)(H,30,36)/t19-,23+/m1/s1. The summed E-state index contributed by atoms with van der Waals surface area (Å²) in [7, 11) is 0. The van der Waals surface area contributed by atoms with Crippen LogP contribution in [0.15, 0.2) is 54.9 Å². The van der Waals surface area contributed by atoms with E-state index in [0.717, 1.165) is 5.56 Å². The van der Waals surface area contributed by atoms with Crippen LogP contribution in [-0.2, 0) is 16.1 Å². The number of carbonyl (C=O) groups is 3. The summed E-state index contributed by atoms with van der Waals surface area (Å²) in [4.78, 5) is 49.4. The molecular weight excluding hydrogens is 470 g/mol. The predicted molar refractivity (Wildman–Crippen MR) is 138 cm³/mol. The Morgan fingerprint density at radius 3 is 2.43 bits per heavy atom. The van der Waals surface area contributed by atoms with Crippen molar-refractivity contribution >= 4 is 17.7 Å². The third-order valence-corrected chi connectivity index (χ3v) is 6.37. The topological polar surface area (TPSA) is 122 Å². The first-order valence-corrected chi connectivity index (χ1v) is 12.6. The molecule has 10 heteroatoms. The smallest absolute Gasteiger partial charge is 0.254 e. The van der Waals surface area contributed by atoms with Gasteiger partial charge in [-0.15, -0.1) is 0 Å². The Hall–Kier alpha value is -4.08. The molecular formula is C27H33N7O3. The molecule has 0 unspecified atom stereocenters. The number of hydrogen-bond acceptors (Lipinski definition) is 6. The lowest BCUT2D eigenvalue weighted by molar-refractivity contribution is -0.129. The molecule has 0 saturated heterocycles. The number of benzene rings is 1. The average molecular weight is 504 g/mol. The van der Waals surface area contributed by atoms with E-state index >= 15 is 0 Å².